The number of rotatable bonds is 3. The third-order valence-corrected chi connectivity index (χ3v) is 5.57. The van der Waals surface area contributed by atoms with Crippen LogP contribution in [0.3, 0.4) is 0 Å². The Kier molecular flexibility index (Phi) is 5.65. The van der Waals surface area contributed by atoms with E-state index in [0.717, 1.165) is 12.8 Å². The second-order valence-corrected chi connectivity index (χ2v) is 8.12. The average molecular weight is 353 g/mol. The van der Waals surface area contributed by atoms with Gasteiger partial charge in [0.25, 0.3) is 0 Å². The van der Waals surface area contributed by atoms with Gasteiger partial charge in [-0.3, -0.25) is 14.5 Å². The number of carbonyl (C=O) groups is 2. The molecule has 1 spiro atoms. The lowest BCUT2D eigenvalue weighted by Gasteiger charge is -2.45. The summed E-state index contributed by atoms with van der Waals surface area (Å²) in [5.41, 5.74) is -0.521. The molecule has 7 nitrogen and oxygen atoms in total. The Hall–Kier alpha value is -1.18. The van der Waals surface area contributed by atoms with Crippen LogP contribution < -0.4 is 0 Å². The summed E-state index contributed by atoms with van der Waals surface area (Å²) in [6, 6.07) is 0. The Morgan fingerprint density at radius 2 is 1.92 bits per heavy atom. The van der Waals surface area contributed by atoms with Gasteiger partial charge in [-0.05, 0) is 18.8 Å². The molecule has 3 rings (SSSR count). The molecule has 0 aromatic carbocycles. The Morgan fingerprint density at radius 3 is 2.60 bits per heavy atom. The minimum atomic E-state index is -0.521. The van der Waals surface area contributed by atoms with Crippen molar-refractivity contribution in [1.82, 2.24) is 14.7 Å². The molecular weight excluding hydrogens is 322 g/mol. The Labute approximate surface area is 150 Å². The smallest absolute Gasteiger partial charge is 0.236 e. The zero-order valence-corrected chi connectivity index (χ0v) is 15.7. The van der Waals surface area contributed by atoms with E-state index in [4.69, 9.17) is 9.47 Å². The first-order valence-electron chi connectivity index (χ1n) is 9.31. The number of amides is 2. The van der Waals surface area contributed by atoms with E-state index in [1.54, 1.807) is 19.0 Å². The van der Waals surface area contributed by atoms with E-state index in [-0.39, 0.29) is 17.7 Å². The molecule has 1 aliphatic carbocycles. The normalized spacial score (nSPS) is 33.6. The topological polar surface area (TPSA) is 62.3 Å². The molecule has 0 bridgehead atoms. The van der Waals surface area contributed by atoms with Crippen LogP contribution in [0, 0.1) is 11.8 Å². The van der Waals surface area contributed by atoms with Crippen LogP contribution >= 0.6 is 0 Å². The summed E-state index contributed by atoms with van der Waals surface area (Å²) in [4.78, 5) is 30.5. The van der Waals surface area contributed by atoms with E-state index in [9.17, 15) is 9.59 Å². The number of ether oxygens (including phenoxy) is 2. The molecule has 2 saturated heterocycles. The largest absolute Gasteiger partial charge is 0.377 e. The summed E-state index contributed by atoms with van der Waals surface area (Å²) in [7, 11) is 3.53. The van der Waals surface area contributed by atoms with Gasteiger partial charge in [-0.2, -0.15) is 0 Å². The molecule has 25 heavy (non-hydrogen) atoms. The monoisotopic (exact) mass is 353 g/mol. The highest BCUT2D eigenvalue weighted by Gasteiger charge is 2.44. The van der Waals surface area contributed by atoms with E-state index in [2.05, 4.69) is 11.8 Å². The van der Waals surface area contributed by atoms with Crippen molar-refractivity contribution in [1.29, 1.82) is 0 Å². The average Bonchev–Trinajstić information content (AvgIpc) is 2.73. The summed E-state index contributed by atoms with van der Waals surface area (Å²) < 4.78 is 11.9. The van der Waals surface area contributed by atoms with Gasteiger partial charge in [-0.15, -0.1) is 0 Å². The van der Waals surface area contributed by atoms with E-state index >= 15 is 0 Å². The van der Waals surface area contributed by atoms with Gasteiger partial charge in [0.15, 0.2) is 0 Å². The predicted octanol–water partition coefficient (Wildman–Crippen LogP) is 0.0505. The van der Waals surface area contributed by atoms with Gasteiger partial charge in [0.2, 0.25) is 11.8 Å². The molecule has 1 unspecified atom stereocenters. The Morgan fingerprint density at radius 1 is 1.16 bits per heavy atom. The minimum absolute atomic E-state index is 0.0734. The second-order valence-electron chi connectivity index (χ2n) is 8.12. The molecule has 142 valence electrons. The van der Waals surface area contributed by atoms with Crippen LogP contribution in [0.4, 0.5) is 0 Å². The molecule has 7 heteroatoms. The van der Waals surface area contributed by atoms with E-state index in [1.807, 2.05) is 4.90 Å². The highest BCUT2D eigenvalue weighted by molar-refractivity contribution is 5.80. The Balaban J connectivity index is 1.63. The fourth-order valence-corrected chi connectivity index (χ4v) is 4.03. The third kappa shape index (κ3) is 4.33. The maximum atomic E-state index is 12.7. The van der Waals surface area contributed by atoms with Gasteiger partial charge in [0.05, 0.1) is 32.9 Å². The van der Waals surface area contributed by atoms with Crippen LogP contribution in [0.2, 0.25) is 0 Å². The fraction of sp³-hybridized carbons (Fsp3) is 0.889. The summed E-state index contributed by atoms with van der Waals surface area (Å²) in [6.07, 6.45) is 2.01. The molecule has 2 aliphatic heterocycles. The second kappa shape index (κ2) is 7.60. The molecule has 1 saturated carbocycles. The third-order valence-electron chi connectivity index (χ3n) is 5.57. The molecule has 2 heterocycles. The SMILES string of the molecule is CC1CC(C(=O)N2CCOC3(COCCN(CC(=O)N(C)C)C3)C2)C1. The van der Waals surface area contributed by atoms with Gasteiger partial charge in [-0.25, -0.2) is 0 Å². The molecule has 1 atom stereocenters. The van der Waals surface area contributed by atoms with Crippen molar-refractivity contribution in [3.8, 4) is 0 Å². The lowest BCUT2D eigenvalue weighted by atomic mass is 9.75. The molecule has 3 fully saturated rings. The van der Waals surface area contributed by atoms with Gasteiger partial charge in [0.1, 0.15) is 5.60 Å². The van der Waals surface area contributed by atoms with Gasteiger partial charge >= 0.3 is 0 Å². The molecule has 0 aromatic heterocycles. The van der Waals surface area contributed by atoms with Crippen molar-refractivity contribution in [2.24, 2.45) is 11.8 Å². The van der Waals surface area contributed by atoms with Crippen molar-refractivity contribution >= 4 is 11.8 Å². The minimum Gasteiger partial charge on any atom is -0.377 e. The van der Waals surface area contributed by atoms with E-state index in [0.29, 0.717) is 58.5 Å². The van der Waals surface area contributed by atoms with Crippen molar-refractivity contribution < 1.29 is 19.1 Å². The van der Waals surface area contributed by atoms with Crippen LogP contribution in [-0.2, 0) is 19.1 Å². The quantitative estimate of drug-likeness (QED) is 0.718. The predicted molar refractivity (Wildman–Crippen MR) is 93.1 cm³/mol. The highest BCUT2D eigenvalue weighted by atomic mass is 16.5. The van der Waals surface area contributed by atoms with Crippen molar-refractivity contribution in [3.05, 3.63) is 0 Å². The number of nitrogens with zero attached hydrogens (tertiary/aromatic N) is 3. The lowest BCUT2D eigenvalue weighted by Crippen LogP contribution is -2.61. The first-order chi connectivity index (χ1) is 11.9. The van der Waals surface area contributed by atoms with Crippen molar-refractivity contribution in [2.45, 2.75) is 25.4 Å². The molecule has 3 aliphatic rings. The first-order valence-corrected chi connectivity index (χ1v) is 9.31. The Bertz CT molecular complexity index is 507. The molecular formula is C18H31N3O4. The summed E-state index contributed by atoms with van der Waals surface area (Å²) in [6.45, 7) is 6.69. The number of morpholine rings is 1. The lowest BCUT2D eigenvalue weighted by molar-refractivity contribution is -0.168. The van der Waals surface area contributed by atoms with Crippen LogP contribution in [-0.4, -0.2) is 98.8 Å². The molecule has 0 N–H and O–H groups in total. The number of likely N-dealkylation sites (N-methyl/N-ethyl adjacent to an activating group) is 1. The molecule has 2 amide bonds. The van der Waals surface area contributed by atoms with Crippen LogP contribution in [0.5, 0.6) is 0 Å². The maximum Gasteiger partial charge on any atom is 0.236 e. The highest BCUT2D eigenvalue weighted by Crippen LogP contribution is 2.35. The van der Waals surface area contributed by atoms with Gasteiger partial charge < -0.3 is 19.3 Å². The van der Waals surface area contributed by atoms with Crippen LogP contribution in [0.15, 0.2) is 0 Å². The standard InChI is InChI=1S/C18H31N3O4/c1-14-8-15(9-14)17(23)21-5-7-25-18(12-21)11-20(4-6-24-13-18)10-16(22)19(2)3/h14-15H,4-13H2,1-3H3. The van der Waals surface area contributed by atoms with Crippen molar-refractivity contribution in [2.75, 3.05) is 66.6 Å². The van der Waals surface area contributed by atoms with Crippen LogP contribution in [0.1, 0.15) is 19.8 Å². The zero-order chi connectivity index (χ0) is 18.0. The molecule has 0 radical (unpaired) electrons. The van der Waals surface area contributed by atoms with Gasteiger partial charge in [0, 0.05) is 39.6 Å². The maximum absolute atomic E-state index is 12.7. The summed E-state index contributed by atoms with van der Waals surface area (Å²) in [5, 5.41) is 0. The van der Waals surface area contributed by atoms with E-state index in [1.165, 1.54) is 0 Å². The fourth-order valence-electron chi connectivity index (χ4n) is 4.03. The summed E-state index contributed by atoms with van der Waals surface area (Å²) >= 11 is 0. The molecule has 0 aromatic rings. The zero-order valence-electron chi connectivity index (χ0n) is 15.7. The first kappa shape index (κ1) is 18.6. The van der Waals surface area contributed by atoms with E-state index < -0.39 is 5.60 Å². The van der Waals surface area contributed by atoms with Crippen molar-refractivity contribution in [3.63, 3.8) is 0 Å². The number of hydrogen-bond acceptors (Lipinski definition) is 5. The summed E-state index contributed by atoms with van der Waals surface area (Å²) in [5.74, 6) is 1.19. The number of carbonyl (C=O) groups excluding carboxylic acids is 2. The number of hydrogen-bond donors (Lipinski definition) is 0. The van der Waals surface area contributed by atoms with Crippen LogP contribution in [0.25, 0.3) is 0 Å². The van der Waals surface area contributed by atoms with Gasteiger partial charge in [-0.1, -0.05) is 6.92 Å².